The van der Waals surface area contributed by atoms with E-state index in [0.717, 1.165) is 0 Å². The summed E-state index contributed by atoms with van der Waals surface area (Å²) in [6, 6.07) is -0.351. The molecule has 74 valence electrons. The van der Waals surface area contributed by atoms with E-state index in [1.54, 1.807) is 6.92 Å². The Balaban J connectivity index is 2.51. The van der Waals surface area contributed by atoms with Crippen LogP contribution in [0.15, 0.2) is 15.7 Å². The van der Waals surface area contributed by atoms with E-state index in [1.165, 1.54) is 11.0 Å². The van der Waals surface area contributed by atoms with E-state index in [4.69, 9.17) is 12.2 Å². The number of aromatic amines is 2. The molecule has 1 atom stereocenters. The van der Waals surface area contributed by atoms with Crippen LogP contribution in [0.2, 0.25) is 0 Å². The van der Waals surface area contributed by atoms with Crippen LogP contribution in [-0.4, -0.2) is 24.9 Å². The molecule has 0 aliphatic heterocycles. The van der Waals surface area contributed by atoms with Crippen molar-refractivity contribution in [2.45, 2.75) is 13.0 Å². The Labute approximate surface area is 82.8 Å². The van der Waals surface area contributed by atoms with Gasteiger partial charge in [0.05, 0.1) is 0 Å². The molecular weight excluding hydrogens is 206 g/mol. The third-order valence-electron chi connectivity index (χ3n) is 1.85. The summed E-state index contributed by atoms with van der Waals surface area (Å²) in [7, 11) is 0. The molecule has 0 saturated carbocycles. The monoisotopic (exact) mass is 213 g/mol. The van der Waals surface area contributed by atoms with Crippen molar-refractivity contribution in [3.8, 4) is 0 Å². The third kappa shape index (κ3) is 1.29. The maximum Gasteiger partial charge on any atom is 0.343 e. The molecule has 2 N–H and O–H groups in total. The minimum atomic E-state index is -0.351. The largest absolute Gasteiger partial charge is 0.343 e. The van der Waals surface area contributed by atoms with Crippen LogP contribution in [0.1, 0.15) is 18.8 Å². The summed E-state index contributed by atoms with van der Waals surface area (Å²) in [5.41, 5.74) is -0.327. The topological polar surface area (TPSA) is 92.5 Å². The van der Waals surface area contributed by atoms with Crippen molar-refractivity contribution in [3.05, 3.63) is 27.5 Å². The van der Waals surface area contributed by atoms with Crippen molar-refractivity contribution in [2.24, 2.45) is 0 Å². The van der Waals surface area contributed by atoms with Crippen LogP contribution >= 0.6 is 12.2 Å². The molecule has 14 heavy (non-hydrogen) atoms. The van der Waals surface area contributed by atoms with Gasteiger partial charge in [0.25, 0.3) is 0 Å². The third-order valence-corrected chi connectivity index (χ3v) is 2.15. The highest BCUT2D eigenvalue weighted by atomic mass is 32.1. The Morgan fingerprint density at radius 3 is 2.93 bits per heavy atom. The number of aromatic nitrogens is 5. The van der Waals surface area contributed by atoms with Crippen LogP contribution in [0.4, 0.5) is 0 Å². The fourth-order valence-corrected chi connectivity index (χ4v) is 1.44. The van der Waals surface area contributed by atoms with Crippen LogP contribution in [-0.2, 0) is 0 Å². The molecule has 2 heterocycles. The average Bonchev–Trinajstić information content (AvgIpc) is 2.75. The molecule has 7 nitrogen and oxygen atoms in total. The second kappa shape index (κ2) is 3.22. The molecule has 0 radical (unpaired) electrons. The van der Waals surface area contributed by atoms with E-state index in [0.29, 0.717) is 10.6 Å². The lowest BCUT2D eigenvalue weighted by Crippen LogP contribution is -2.22. The highest BCUT2D eigenvalue weighted by Gasteiger charge is 2.15. The fraction of sp³-hybridized carbons (Fsp3) is 0.333. The Kier molecular flexibility index (Phi) is 2.04. The Bertz CT molecular complexity index is 493. The SMILES string of the molecule is CC(c1ncon1)n1c(=O)[nH][nH]c1=S. The van der Waals surface area contributed by atoms with Crippen molar-refractivity contribution < 1.29 is 4.52 Å². The molecular formula is C6H7N5O2S. The minimum absolute atomic E-state index is 0.298. The van der Waals surface area contributed by atoms with Gasteiger partial charge in [-0.2, -0.15) is 4.98 Å². The van der Waals surface area contributed by atoms with E-state index in [9.17, 15) is 4.79 Å². The molecule has 0 aliphatic rings. The molecule has 2 aromatic rings. The smallest absolute Gasteiger partial charge is 0.343 e. The van der Waals surface area contributed by atoms with Crippen molar-refractivity contribution in [1.82, 2.24) is 24.9 Å². The summed E-state index contributed by atoms with van der Waals surface area (Å²) in [5, 5.41) is 8.54. The zero-order chi connectivity index (χ0) is 10.1. The van der Waals surface area contributed by atoms with Gasteiger partial charge in [-0.25, -0.2) is 9.89 Å². The normalized spacial score (nSPS) is 12.9. The molecule has 0 bridgehead atoms. The minimum Gasteiger partial charge on any atom is -0.343 e. The van der Waals surface area contributed by atoms with Gasteiger partial charge >= 0.3 is 5.69 Å². The quantitative estimate of drug-likeness (QED) is 0.696. The van der Waals surface area contributed by atoms with Crippen molar-refractivity contribution in [3.63, 3.8) is 0 Å². The first kappa shape index (κ1) is 8.88. The average molecular weight is 213 g/mol. The van der Waals surface area contributed by atoms with Crippen LogP contribution in [0, 0.1) is 4.77 Å². The number of rotatable bonds is 2. The van der Waals surface area contributed by atoms with E-state index in [-0.39, 0.29) is 11.7 Å². The molecule has 0 amide bonds. The Morgan fingerprint density at radius 1 is 1.64 bits per heavy atom. The number of H-pyrrole nitrogens is 2. The van der Waals surface area contributed by atoms with E-state index < -0.39 is 0 Å². The molecule has 1 unspecified atom stereocenters. The van der Waals surface area contributed by atoms with Crippen LogP contribution < -0.4 is 5.69 Å². The summed E-state index contributed by atoms with van der Waals surface area (Å²) in [6.45, 7) is 1.75. The lowest BCUT2D eigenvalue weighted by atomic mass is 10.3. The van der Waals surface area contributed by atoms with Crippen molar-refractivity contribution in [1.29, 1.82) is 0 Å². The second-order valence-electron chi connectivity index (χ2n) is 2.70. The molecule has 8 heteroatoms. The fourth-order valence-electron chi connectivity index (χ4n) is 1.15. The molecule has 2 aromatic heterocycles. The van der Waals surface area contributed by atoms with Gasteiger partial charge < -0.3 is 4.52 Å². The first-order valence-corrected chi connectivity index (χ1v) is 4.26. The number of nitrogens with zero attached hydrogens (tertiary/aromatic N) is 3. The van der Waals surface area contributed by atoms with Crippen molar-refractivity contribution in [2.75, 3.05) is 0 Å². The number of hydrogen-bond donors (Lipinski definition) is 2. The lowest BCUT2D eigenvalue weighted by molar-refractivity contribution is 0.400. The number of hydrogen-bond acceptors (Lipinski definition) is 5. The summed E-state index contributed by atoms with van der Waals surface area (Å²) >= 11 is 4.91. The zero-order valence-electron chi connectivity index (χ0n) is 7.22. The molecule has 0 aromatic carbocycles. The predicted molar refractivity (Wildman–Crippen MR) is 48.3 cm³/mol. The lowest BCUT2D eigenvalue weighted by Gasteiger charge is -2.04. The summed E-state index contributed by atoms with van der Waals surface area (Å²) in [4.78, 5) is 15.1. The second-order valence-corrected chi connectivity index (χ2v) is 3.08. The molecule has 0 spiro atoms. The maximum atomic E-state index is 11.3. The predicted octanol–water partition coefficient (Wildman–Crippen LogP) is 0.226. The van der Waals surface area contributed by atoms with Crippen LogP contribution in [0.25, 0.3) is 0 Å². The summed E-state index contributed by atoms with van der Waals surface area (Å²) in [5.74, 6) is 0.409. The van der Waals surface area contributed by atoms with Gasteiger partial charge in [-0.05, 0) is 19.1 Å². The molecule has 0 fully saturated rings. The van der Waals surface area contributed by atoms with Gasteiger partial charge in [-0.15, -0.1) is 0 Å². The molecule has 0 saturated heterocycles. The summed E-state index contributed by atoms with van der Waals surface area (Å²) in [6.07, 6.45) is 1.20. The van der Waals surface area contributed by atoms with Gasteiger partial charge in [0.15, 0.2) is 10.6 Å². The summed E-state index contributed by atoms with van der Waals surface area (Å²) < 4.78 is 6.21. The Morgan fingerprint density at radius 2 is 2.43 bits per heavy atom. The van der Waals surface area contributed by atoms with Crippen LogP contribution in [0.5, 0.6) is 0 Å². The van der Waals surface area contributed by atoms with E-state index >= 15 is 0 Å². The van der Waals surface area contributed by atoms with Gasteiger partial charge in [0.2, 0.25) is 6.39 Å². The standard InChI is InChI=1S/C6H7N5O2S/c1-3(4-7-2-13-10-4)11-5(12)8-9-6(11)14/h2-3H,1H3,(H,8,12)(H,9,14). The van der Waals surface area contributed by atoms with E-state index in [1.807, 2.05) is 0 Å². The molecule has 2 rings (SSSR count). The van der Waals surface area contributed by atoms with Gasteiger partial charge in [0, 0.05) is 0 Å². The highest BCUT2D eigenvalue weighted by molar-refractivity contribution is 7.71. The first-order chi connectivity index (χ1) is 6.70. The van der Waals surface area contributed by atoms with Gasteiger partial charge in [0.1, 0.15) is 6.04 Å². The maximum absolute atomic E-state index is 11.3. The van der Waals surface area contributed by atoms with Gasteiger partial charge in [-0.3, -0.25) is 9.67 Å². The zero-order valence-corrected chi connectivity index (χ0v) is 8.04. The highest BCUT2D eigenvalue weighted by Crippen LogP contribution is 2.09. The number of nitrogens with one attached hydrogen (secondary N) is 2. The van der Waals surface area contributed by atoms with E-state index in [2.05, 4.69) is 24.9 Å². The van der Waals surface area contributed by atoms with Gasteiger partial charge in [-0.1, -0.05) is 5.16 Å². The first-order valence-electron chi connectivity index (χ1n) is 3.85. The molecule has 0 aliphatic carbocycles. The Hall–Kier alpha value is -1.70. The van der Waals surface area contributed by atoms with Crippen LogP contribution in [0.3, 0.4) is 0 Å². The van der Waals surface area contributed by atoms with Crippen molar-refractivity contribution >= 4 is 12.2 Å².